The predicted octanol–water partition coefficient (Wildman–Crippen LogP) is 2.56. The molecule has 2 unspecified atom stereocenters. The van der Waals surface area contributed by atoms with E-state index in [1.807, 2.05) is 0 Å². The van der Waals surface area contributed by atoms with Crippen LogP contribution in [0.3, 0.4) is 0 Å². The largest absolute Gasteiger partial charge is 0.329 e. The Morgan fingerprint density at radius 1 is 1.25 bits per heavy atom. The van der Waals surface area contributed by atoms with Gasteiger partial charge in [0.25, 0.3) is 0 Å². The molecular formula is C16H28N4. The van der Waals surface area contributed by atoms with Crippen LogP contribution in [0.15, 0.2) is 12.3 Å². The van der Waals surface area contributed by atoms with Gasteiger partial charge in [-0.25, -0.2) is 0 Å². The zero-order valence-electron chi connectivity index (χ0n) is 12.7. The summed E-state index contributed by atoms with van der Waals surface area (Å²) >= 11 is 0. The highest BCUT2D eigenvalue weighted by Crippen LogP contribution is 2.28. The van der Waals surface area contributed by atoms with Gasteiger partial charge in [0.05, 0.1) is 11.7 Å². The highest BCUT2D eigenvalue weighted by molar-refractivity contribution is 5.02. The van der Waals surface area contributed by atoms with Crippen LogP contribution in [-0.2, 0) is 6.54 Å². The van der Waals surface area contributed by atoms with Crippen molar-refractivity contribution in [2.45, 2.75) is 64.1 Å². The summed E-state index contributed by atoms with van der Waals surface area (Å²) in [5.41, 5.74) is 7.13. The van der Waals surface area contributed by atoms with Gasteiger partial charge < -0.3 is 5.73 Å². The maximum Gasteiger partial charge on any atom is 0.0765 e. The van der Waals surface area contributed by atoms with Crippen molar-refractivity contribution in [2.75, 3.05) is 13.1 Å². The van der Waals surface area contributed by atoms with E-state index in [-0.39, 0.29) is 0 Å². The van der Waals surface area contributed by atoms with Crippen molar-refractivity contribution >= 4 is 0 Å². The lowest BCUT2D eigenvalue weighted by Crippen LogP contribution is -2.38. The smallest absolute Gasteiger partial charge is 0.0765 e. The highest BCUT2D eigenvalue weighted by Gasteiger charge is 2.30. The van der Waals surface area contributed by atoms with Gasteiger partial charge in [-0.2, -0.15) is 5.10 Å². The lowest BCUT2D eigenvalue weighted by Gasteiger charge is -2.25. The van der Waals surface area contributed by atoms with Crippen LogP contribution in [0.4, 0.5) is 0 Å². The van der Waals surface area contributed by atoms with Gasteiger partial charge in [0, 0.05) is 25.3 Å². The van der Waals surface area contributed by atoms with Crippen molar-refractivity contribution in [2.24, 2.45) is 11.7 Å². The number of hydrogen-bond donors (Lipinski definition) is 1. The Balaban J connectivity index is 1.62. The first-order valence-corrected chi connectivity index (χ1v) is 8.26. The molecule has 3 rings (SSSR count). The summed E-state index contributed by atoms with van der Waals surface area (Å²) in [7, 11) is 0. The van der Waals surface area contributed by atoms with Crippen molar-refractivity contribution in [1.29, 1.82) is 0 Å². The summed E-state index contributed by atoms with van der Waals surface area (Å²) in [6.45, 7) is 5.22. The number of rotatable bonds is 4. The first-order chi connectivity index (χ1) is 9.78. The van der Waals surface area contributed by atoms with Gasteiger partial charge in [-0.05, 0) is 37.8 Å². The van der Waals surface area contributed by atoms with Gasteiger partial charge in [0.1, 0.15) is 0 Å². The van der Waals surface area contributed by atoms with Crippen molar-refractivity contribution in [3.8, 4) is 0 Å². The van der Waals surface area contributed by atoms with E-state index < -0.39 is 0 Å². The molecule has 2 atom stereocenters. The molecule has 2 heterocycles. The second-order valence-electron chi connectivity index (χ2n) is 6.62. The molecule has 0 bridgehead atoms. The minimum absolute atomic E-state index is 0.537. The third-order valence-corrected chi connectivity index (χ3v) is 5.22. The third kappa shape index (κ3) is 2.91. The van der Waals surface area contributed by atoms with Gasteiger partial charge in [-0.1, -0.05) is 26.2 Å². The molecule has 1 aliphatic heterocycles. The van der Waals surface area contributed by atoms with E-state index in [1.165, 1.54) is 50.8 Å². The number of aromatic nitrogens is 2. The Hall–Kier alpha value is -0.870. The lowest BCUT2D eigenvalue weighted by molar-refractivity contribution is 0.224. The van der Waals surface area contributed by atoms with Crippen LogP contribution in [0.5, 0.6) is 0 Å². The van der Waals surface area contributed by atoms with Gasteiger partial charge in [-0.15, -0.1) is 0 Å². The Kier molecular flexibility index (Phi) is 4.41. The van der Waals surface area contributed by atoms with Gasteiger partial charge >= 0.3 is 0 Å². The van der Waals surface area contributed by atoms with E-state index in [1.54, 1.807) is 0 Å². The number of nitrogens with zero attached hydrogens (tertiary/aromatic N) is 3. The molecule has 20 heavy (non-hydrogen) atoms. The topological polar surface area (TPSA) is 47.1 Å². The Morgan fingerprint density at radius 2 is 2.05 bits per heavy atom. The third-order valence-electron chi connectivity index (χ3n) is 5.22. The summed E-state index contributed by atoms with van der Waals surface area (Å²) in [5, 5.41) is 4.83. The minimum Gasteiger partial charge on any atom is -0.329 e. The number of hydrogen-bond acceptors (Lipinski definition) is 3. The van der Waals surface area contributed by atoms with E-state index in [0.717, 1.165) is 19.0 Å². The van der Waals surface area contributed by atoms with Crippen molar-refractivity contribution in [3.05, 3.63) is 18.0 Å². The molecule has 0 amide bonds. The monoisotopic (exact) mass is 276 g/mol. The molecular weight excluding hydrogens is 248 g/mol. The van der Waals surface area contributed by atoms with E-state index in [4.69, 9.17) is 10.8 Å². The minimum atomic E-state index is 0.537. The van der Waals surface area contributed by atoms with Crippen LogP contribution in [0.1, 0.15) is 57.2 Å². The maximum atomic E-state index is 5.92. The molecule has 4 heteroatoms. The average Bonchev–Trinajstić information content (AvgIpc) is 3.08. The molecule has 1 aromatic heterocycles. The van der Waals surface area contributed by atoms with Gasteiger partial charge in [0.15, 0.2) is 0 Å². The average molecular weight is 276 g/mol. The summed E-state index contributed by atoms with van der Waals surface area (Å²) in [6, 6.07) is 3.38. The fourth-order valence-electron chi connectivity index (χ4n) is 3.88. The zero-order chi connectivity index (χ0) is 13.9. The normalized spacial score (nSPS) is 29.1. The molecule has 1 saturated heterocycles. The summed E-state index contributed by atoms with van der Waals surface area (Å²) in [6.07, 6.45) is 10.2. The molecule has 2 aliphatic rings. The summed E-state index contributed by atoms with van der Waals surface area (Å²) < 4.78 is 2.21. The molecule has 1 aliphatic carbocycles. The molecule has 1 aromatic rings. The van der Waals surface area contributed by atoms with Gasteiger partial charge in [0.2, 0.25) is 0 Å². The molecule has 0 aromatic carbocycles. The SMILES string of the molecule is CC1CCN(Cc2ccn(C3CCCCC3)n2)C1CN. The van der Waals surface area contributed by atoms with E-state index in [2.05, 4.69) is 28.8 Å². The van der Waals surface area contributed by atoms with E-state index in [0.29, 0.717) is 12.1 Å². The quantitative estimate of drug-likeness (QED) is 0.919. The second kappa shape index (κ2) is 6.27. The van der Waals surface area contributed by atoms with Crippen LogP contribution in [0.2, 0.25) is 0 Å². The predicted molar refractivity (Wildman–Crippen MR) is 81.4 cm³/mol. The zero-order valence-corrected chi connectivity index (χ0v) is 12.7. The Morgan fingerprint density at radius 3 is 2.80 bits per heavy atom. The number of nitrogens with two attached hydrogens (primary N) is 1. The molecule has 0 radical (unpaired) electrons. The second-order valence-corrected chi connectivity index (χ2v) is 6.62. The first-order valence-electron chi connectivity index (χ1n) is 8.26. The van der Waals surface area contributed by atoms with Crippen molar-refractivity contribution in [3.63, 3.8) is 0 Å². The number of likely N-dealkylation sites (tertiary alicyclic amines) is 1. The van der Waals surface area contributed by atoms with E-state index in [9.17, 15) is 0 Å². The molecule has 112 valence electrons. The Labute approximate surface area is 122 Å². The molecule has 1 saturated carbocycles. The highest BCUT2D eigenvalue weighted by atomic mass is 15.3. The lowest BCUT2D eigenvalue weighted by atomic mass is 9.96. The summed E-state index contributed by atoms with van der Waals surface area (Å²) in [5.74, 6) is 0.723. The van der Waals surface area contributed by atoms with Crippen LogP contribution in [0.25, 0.3) is 0 Å². The van der Waals surface area contributed by atoms with Crippen LogP contribution >= 0.6 is 0 Å². The van der Waals surface area contributed by atoms with Crippen LogP contribution < -0.4 is 5.73 Å². The molecule has 2 fully saturated rings. The van der Waals surface area contributed by atoms with Gasteiger partial charge in [-0.3, -0.25) is 9.58 Å². The fraction of sp³-hybridized carbons (Fsp3) is 0.812. The Bertz CT molecular complexity index is 422. The molecule has 0 spiro atoms. The van der Waals surface area contributed by atoms with Crippen molar-refractivity contribution < 1.29 is 0 Å². The molecule has 4 nitrogen and oxygen atoms in total. The van der Waals surface area contributed by atoms with Crippen LogP contribution in [-0.4, -0.2) is 33.8 Å². The van der Waals surface area contributed by atoms with Crippen molar-refractivity contribution in [1.82, 2.24) is 14.7 Å². The fourth-order valence-corrected chi connectivity index (χ4v) is 3.88. The molecule has 2 N–H and O–H groups in total. The standard InChI is InChI=1S/C16H28N4/c1-13-7-9-19(16(13)11-17)12-14-8-10-20(18-14)15-5-3-2-4-6-15/h8,10,13,15-16H,2-7,9,11-12,17H2,1H3. The summed E-state index contributed by atoms with van der Waals surface area (Å²) in [4.78, 5) is 2.51. The van der Waals surface area contributed by atoms with Crippen LogP contribution in [0, 0.1) is 5.92 Å². The maximum absolute atomic E-state index is 5.92. The van der Waals surface area contributed by atoms with E-state index >= 15 is 0 Å². The first kappa shape index (κ1) is 14.1.